The van der Waals surface area contributed by atoms with Gasteiger partial charge in [-0.1, -0.05) is 48.5 Å². The molecule has 0 N–H and O–H groups in total. The Kier molecular flexibility index (Phi) is 6.98. The number of rotatable bonds is 5. The lowest BCUT2D eigenvalue weighted by molar-refractivity contribution is -0.102. The number of fused-ring (bicyclic) bond motifs is 1. The maximum atomic E-state index is 13.8. The zero-order valence-corrected chi connectivity index (χ0v) is 21.4. The predicted octanol–water partition coefficient (Wildman–Crippen LogP) is 5.31. The monoisotopic (exact) mass is 502 g/mol. The minimum atomic E-state index is -0.262. The van der Waals surface area contributed by atoms with E-state index < -0.39 is 0 Å². The summed E-state index contributed by atoms with van der Waals surface area (Å²) in [6.07, 6.45) is 1.95. The van der Waals surface area contributed by atoms with Gasteiger partial charge in [0.15, 0.2) is 6.29 Å². The Morgan fingerprint density at radius 3 is 2.49 bits per heavy atom. The van der Waals surface area contributed by atoms with Gasteiger partial charge in [0, 0.05) is 31.1 Å². The first-order valence-corrected chi connectivity index (χ1v) is 13.6. The Bertz CT molecular complexity index is 1240. The molecule has 3 saturated heterocycles. The van der Waals surface area contributed by atoms with Crippen molar-refractivity contribution in [3.8, 4) is 0 Å². The number of piperidine rings is 1. The lowest BCUT2D eigenvalue weighted by Gasteiger charge is -2.35. The summed E-state index contributed by atoms with van der Waals surface area (Å²) < 4.78 is 25.5. The highest BCUT2D eigenvalue weighted by atomic mass is 19.1. The van der Waals surface area contributed by atoms with Crippen LogP contribution in [0.5, 0.6) is 0 Å². The molecule has 0 radical (unpaired) electrons. The number of benzene rings is 3. The minimum Gasteiger partial charge on any atom is -0.350 e. The third kappa shape index (κ3) is 5.15. The quantitative estimate of drug-likeness (QED) is 0.474. The van der Waals surface area contributed by atoms with Crippen molar-refractivity contribution in [2.45, 2.75) is 38.1 Å². The second-order valence-corrected chi connectivity index (χ2v) is 10.9. The number of hydrogen-bond acceptors (Lipinski definition) is 4. The van der Waals surface area contributed by atoms with E-state index in [9.17, 15) is 9.18 Å². The van der Waals surface area contributed by atoms with Crippen molar-refractivity contribution >= 4 is 16.7 Å². The first kappa shape index (κ1) is 24.5. The molecule has 0 aliphatic carbocycles. The predicted molar refractivity (Wildman–Crippen MR) is 142 cm³/mol. The second kappa shape index (κ2) is 10.5. The first-order valence-electron chi connectivity index (χ1n) is 13.6. The highest BCUT2D eigenvalue weighted by Crippen LogP contribution is 2.35. The van der Waals surface area contributed by atoms with Crippen molar-refractivity contribution in [3.05, 3.63) is 83.7 Å². The summed E-state index contributed by atoms with van der Waals surface area (Å²) in [4.78, 5) is 18.3. The minimum absolute atomic E-state index is 0.0833. The fourth-order valence-electron chi connectivity index (χ4n) is 6.42. The fourth-order valence-corrected chi connectivity index (χ4v) is 6.42. The van der Waals surface area contributed by atoms with Gasteiger partial charge in [0.25, 0.3) is 5.91 Å². The largest absolute Gasteiger partial charge is 0.350 e. The summed E-state index contributed by atoms with van der Waals surface area (Å²) in [5.74, 6) is 0.824. The number of halogens is 1. The Morgan fingerprint density at radius 1 is 0.973 bits per heavy atom. The number of nitrogens with zero attached hydrogens (tertiary/aromatic N) is 2. The molecule has 3 fully saturated rings. The van der Waals surface area contributed by atoms with Crippen LogP contribution in [0.15, 0.2) is 66.7 Å². The van der Waals surface area contributed by atoms with Crippen LogP contribution in [0.2, 0.25) is 0 Å². The SMILES string of the molecule is CC1COC(C2CN(C(=O)c3cccc4ccccc34)CC2CN2CCC(c3ccc(F)cc3)CC2)O1. The van der Waals surface area contributed by atoms with Crippen molar-refractivity contribution in [2.24, 2.45) is 11.8 Å². The van der Waals surface area contributed by atoms with Gasteiger partial charge in [-0.3, -0.25) is 4.79 Å². The molecular weight excluding hydrogens is 467 g/mol. The van der Waals surface area contributed by atoms with Gasteiger partial charge in [0.05, 0.1) is 12.7 Å². The van der Waals surface area contributed by atoms with E-state index >= 15 is 0 Å². The van der Waals surface area contributed by atoms with Gasteiger partial charge >= 0.3 is 0 Å². The summed E-state index contributed by atoms with van der Waals surface area (Å²) in [6, 6.07) is 21.0. The van der Waals surface area contributed by atoms with Crippen molar-refractivity contribution in [1.29, 1.82) is 0 Å². The Hall–Kier alpha value is -2.80. The number of carbonyl (C=O) groups excluding carboxylic acids is 1. The molecule has 194 valence electrons. The smallest absolute Gasteiger partial charge is 0.254 e. The van der Waals surface area contributed by atoms with E-state index in [4.69, 9.17) is 9.47 Å². The maximum Gasteiger partial charge on any atom is 0.254 e. The van der Waals surface area contributed by atoms with Gasteiger partial charge < -0.3 is 19.3 Å². The molecular formula is C31H35FN2O3. The average Bonchev–Trinajstić information content (AvgIpc) is 3.55. The molecule has 4 unspecified atom stereocenters. The molecule has 0 spiro atoms. The van der Waals surface area contributed by atoms with E-state index in [1.807, 2.05) is 54.3 Å². The Labute approximate surface area is 218 Å². The lowest BCUT2D eigenvalue weighted by Crippen LogP contribution is -2.40. The molecule has 3 aliphatic heterocycles. The summed E-state index contributed by atoms with van der Waals surface area (Å²) in [5.41, 5.74) is 1.99. The molecule has 6 heteroatoms. The zero-order chi connectivity index (χ0) is 25.4. The van der Waals surface area contributed by atoms with Crippen LogP contribution in [0, 0.1) is 17.7 Å². The van der Waals surface area contributed by atoms with Gasteiger partial charge in [-0.05, 0) is 79.2 Å². The summed E-state index contributed by atoms with van der Waals surface area (Å²) in [7, 11) is 0. The molecule has 6 rings (SSSR count). The van der Waals surface area contributed by atoms with Crippen LogP contribution < -0.4 is 0 Å². The lowest BCUT2D eigenvalue weighted by atomic mass is 9.88. The number of likely N-dealkylation sites (tertiary alicyclic amines) is 2. The van der Waals surface area contributed by atoms with E-state index in [1.54, 1.807) is 12.1 Å². The van der Waals surface area contributed by atoms with E-state index in [0.29, 0.717) is 25.6 Å². The van der Waals surface area contributed by atoms with Gasteiger partial charge in [-0.15, -0.1) is 0 Å². The zero-order valence-electron chi connectivity index (χ0n) is 21.4. The van der Waals surface area contributed by atoms with Gasteiger partial charge in [-0.2, -0.15) is 0 Å². The summed E-state index contributed by atoms with van der Waals surface area (Å²) in [6.45, 7) is 6.95. The maximum absolute atomic E-state index is 13.8. The molecule has 3 aliphatic rings. The normalized spacial score (nSPS) is 27.2. The molecule has 3 heterocycles. The van der Waals surface area contributed by atoms with Crippen LogP contribution in [0.3, 0.4) is 0 Å². The third-order valence-electron chi connectivity index (χ3n) is 8.43. The van der Waals surface area contributed by atoms with Crippen LogP contribution in [0.1, 0.15) is 41.6 Å². The standard InChI is InChI=1S/C31H35FN2O3/c1-21-20-36-31(37-21)29-19-34(30(35)28-8-4-6-24-5-2-3-7-27(24)28)18-25(29)17-33-15-13-23(14-16-33)22-9-11-26(32)12-10-22/h2-12,21,23,25,29,31H,13-20H2,1H3. The first-order chi connectivity index (χ1) is 18.0. The van der Waals surface area contributed by atoms with Crippen molar-refractivity contribution in [1.82, 2.24) is 9.80 Å². The van der Waals surface area contributed by atoms with Gasteiger partial charge in [0.1, 0.15) is 5.82 Å². The van der Waals surface area contributed by atoms with E-state index in [2.05, 4.69) is 17.0 Å². The van der Waals surface area contributed by atoms with Crippen LogP contribution in [-0.2, 0) is 9.47 Å². The topological polar surface area (TPSA) is 42.0 Å². The van der Waals surface area contributed by atoms with Crippen LogP contribution in [0.25, 0.3) is 10.8 Å². The number of amides is 1. The van der Waals surface area contributed by atoms with Crippen molar-refractivity contribution in [2.75, 3.05) is 39.3 Å². The molecule has 0 bridgehead atoms. The fraction of sp³-hybridized carbons (Fsp3) is 0.452. The molecule has 0 aromatic heterocycles. The number of carbonyl (C=O) groups is 1. The molecule has 4 atom stereocenters. The van der Waals surface area contributed by atoms with E-state index in [-0.39, 0.29) is 36.0 Å². The average molecular weight is 503 g/mol. The van der Waals surface area contributed by atoms with E-state index in [0.717, 1.165) is 48.8 Å². The molecule has 3 aromatic rings. The molecule has 37 heavy (non-hydrogen) atoms. The Balaban J connectivity index is 1.16. The third-order valence-corrected chi connectivity index (χ3v) is 8.43. The summed E-state index contributed by atoms with van der Waals surface area (Å²) in [5, 5.41) is 2.08. The Morgan fingerprint density at radius 2 is 1.73 bits per heavy atom. The molecule has 0 saturated carbocycles. The van der Waals surface area contributed by atoms with Crippen molar-refractivity contribution < 1.29 is 18.7 Å². The molecule has 3 aromatic carbocycles. The van der Waals surface area contributed by atoms with Gasteiger partial charge in [-0.25, -0.2) is 4.39 Å². The van der Waals surface area contributed by atoms with Crippen LogP contribution >= 0.6 is 0 Å². The van der Waals surface area contributed by atoms with Crippen molar-refractivity contribution in [3.63, 3.8) is 0 Å². The van der Waals surface area contributed by atoms with Crippen LogP contribution in [0.4, 0.5) is 4.39 Å². The molecule has 5 nitrogen and oxygen atoms in total. The summed E-state index contributed by atoms with van der Waals surface area (Å²) >= 11 is 0. The molecule has 1 amide bonds. The van der Waals surface area contributed by atoms with E-state index in [1.165, 1.54) is 5.56 Å². The van der Waals surface area contributed by atoms with Gasteiger partial charge in [0.2, 0.25) is 0 Å². The highest BCUT2D eigenvalue weighted by Gasteiger charge is 2.44. The second-order valence-electron chi connectivity index (χ2n) is 10.9. The number of ether oxygens (including phenoxy) is 2. The highest BCUT2D eigenvalue weighted by molar-refractivity contribution is 6.07. The number of hydrogen-bond donors (Lipinski definition) is 0. The van der Waals surface area contributed by atoms with Crippen LogP contribution in [-0.4, -0.2) is 67.4 Å².